The monoisotopic (exact) mass is 316 g/mol. The molecule has 3 aromatic rings. The van der Waals surface area contributed by atoms with Crippen LogP contribution < -0.4 is 10.6 Å². The summed E-state index contributed by atoms with van der Waals surface area (Å²) in [6, 6.07) is 23.4. The summed E-state index contributed by atoms with van der Waals surface area (Å²) in [5.41, 5.74) is 5.46. The quantitative estimate of drug-likeness (QED) is 0.686. The van der Waals surface area contributed by atoms with Crippen molar-refractivity contribution in [1.29, 1.82) is 0 Å². The molecule has 0 unspecified atom stereocenters. The maximum absolute atomic E-state index is 12.6. The second-order valence-electron chi connectivity index (χ2n) is 5.86. The van der Waals surface area contributed by atoms with Crippen molar-refractivity contribution in [3.8, 4) is 0 Å². The Hall–Kier alpha value is -3.07. The Morgan fingerprint density at radius 1 is 0.750 bits per heavy atom. The second-order valence-corrected chi connectivity index (χ2v) is 5.86. The number of benzene rings is 3. The number of carbonyl (C=O) groups excluding carboxylic acids is 1. The van der Waals surface area contributed by atoms with Crippen LogP contribution in [0.2, 0.25) is 0 Å². The van der Waals surface area contributed by atoms with Gasteiger partial charge in [0, 0.05) is 11.4 Å². The first-order valence-corrected chi connectivity index (χ1v) is 7.92. The first-order valence-electron chi connectivity index (χ1n) is 7.92. The molecule has 1 amide bonds. The van der Waals surface area contributed by atoms with Crippen LogP contribution in [-0.2, 0) is 0 Å². The second kappa shape index (κ2) is 7.01. The highest BCUT2D eigenvalue weighted by Crippen LogP contribution is 2.22. The Morgan fingerprint density at radius 3 is 2.25 bits per heavy atom. The number of hydrogen-bond donors (Lipinski definition) is 2. The molecule has 120 valence electrons. The zero-order valence-electron chi connectivity index (χ0n) is 13.8. The third-order valence-corrected chi connectivity index (χ3v) is 3.78. The van der Waals surface area contributed by atoms with Gasteiger partial charge in [-0.3, -0.25) is 4.79 Å². The van der Waals surface area contributed by atoms with Crippen molar-refractivity contribution in [1.82, 2.24) is 0 Å². The van der Waals surface area contributed by atoms with E-state index in [1.807, 2.05) is 86.6 Å². The molecule has 0 saturated heterocycles. The third kappa shape index (κ3) is 3.82. The first kappa shape index (κ1) is 15.8. The summed E-state index contributed by atoms with van der Waals surface area (Å²) in [6.45, 7) is 4.05. The van der Waals surface area contributed by atoms with Gasteiger partial charge in [0.25, 0.3) is 5.91 Å². The van der Waals surface area contributed by atoms with Crippen LogP contribution in [0.5, 0.6) is 0 Å². The van der Waals surface area contributed by atoms with Gasteiger partial charge < -0.3 is 10.6 Å². The van der Waals surface area contributed by atoms with E-state index in [1.54, 1.807) is 0 Å². The highest BCUT2D eigenvalue weighted by Gasteiger charge is 2.11. The van der Waals surface area contributed by atoms with Gasteiger partial charge in [0.15, 0.2) is 0 Å². The molecular formula is C21H20N2O. The van der Waals surface area contributed by atoms with Crippen molar-refractivity contribution in [2.75, 3.05) is 10.6 Å². The average Bonchev–Trinajstić information content (AvgIpc) is 2.57. The Kier molecular flexibility index (Phi) is 4.62. The number of rotatable bonds is 4. The Balaban J connectivity index is 1.83. The minimum absolute atomic E-state index is 0.129. The molecule has 3 heteroatoms. The van der Waals surface area contributed by atoms with Gasteiger partial charge in [0.1, 0.15) is 0 Å². The molecule has 0 fully saturated rings. The van der Waals surface area contributed by atoms with Crippen molar-refractivity contribution >= 4 is 23.0 Å². The van der Waals surface area contributed by atoms with E-state index in [1.165, 1.54) is 5.56 Å². The fourth-order valence-electron chi connectivity index (χ4n) is 2.50. The molecule has 0 radical (unpaired) electrons. The zero-order valence-corrected chi connectivity index (χ0v) is 13.8. The van der Waals surface area contributed by atoms with Gasteiger partial charge >= 0.3 is 0 Å². The van der Waals surface area contributed by atoms with Crippen LogP contribution in [0.3, 0.4) is 0 Å². The summed E-state index contributed by atoms with van der Waals surface area (Å²) >= 11 is 0. The van der Waals surface area contributed by atoms with E-state index in [-0.39, 0.29) is 5.91 Å². The van der Waals surface area contributed by atoms with Crippen LogP contribution in [0.25, 0.3) is 0 Å². The topological polar surface area (TPSA) is 41.1 Å². The lowest BCUT2D eigenvalue weighted by Crippen LogP contribution is -2.13. The van der Waals surface area contributed by atoms with E-state index in [0.717, 1.165) is 22.6 Å². The Bertz CT molecular complexity index is 854. The fourth-order valence-corrected chi connectivity index (χ4v) is 2.50. The van der Waals surface area contributed by atoms with Crippen LogP contribution in [0.1, 0.15) is 21.5 Å². The molecule has 3 nitrogen and oxygen atoms in total. The summed E-state index contributed by atoms with van der Waals surface area (Å²) in [5, 5.41) is 6.27. The molecule has 3 aromatic carbocycles. The normalized spacial score (nSPS) is 10.2. The lowest BCUT2D eigenvalue weighted by Gasteiger charge is -2.13. The number of hydrogen-bond acceptors (Lipinski definition) is 2. The zero-order chi connectivity index (χ0) is 16.9. The van der Waals surface area contributed by atoms with Crippen LogP contribution in [0.15, 0.2) is 72.8 Å². The molecule has 0 aliphatic rings. The molecule has 0 aliphatic heterocycles. The molecule has 0 saturated carbocycles. The summed E-state index contributed by atoms with van der Waals surface area (Å²) in [5.74, 6) is -0.129. The van der Waals surface area contributed by atoms with Crippen LogP contribution >= 0.6 is 0 Å². The van der Waals surface area contributed by atoms with Gasteiger partial charge in [-0.05, 0) is 55.8 Å². The SMILES string of the molecule is Cc1ccc(Nc2ccccc2C(=O)Nc2cccc(C)c2)cc1. The fraction of sp³-hybridized carbons (Fsp3) is 0.0952. The van der Waals surface area contributed by atoms with Gasteiger partial charge in [0.05, 0.1) is 11.3 Å². The van der Waals surface area contributed by atoms with E-state index < -0.39 is 0 Å². The summed E-state index contributed by atoms with van der Waals surface area (Å²) < 4.78 is 0. The van der Waals surface area contributed by atoms with Gasteiger partial charge in [0.2, 0.25) is 0 Å². The number of para-hydroxylation sites is 1. The predicted molar refractivity (Wildman–Crippen MR) is 100 cm³/mol. The van der Waals surface area contributed by atoms with E-state index in [2.05, 4.69) is 10.6 Å². The van der Waals surface area contributed by atoms with E-state index in [4.69, 9.17) is 0 Å². The summed E-state index contributed by atoms with van der Waals surface area (Å²) in [4.78, 5) is 12.6. The minimum atomic E-state index is -0.129. The number of anilines is 3. The van der Waals surface area contributed by atoms with Gasteiger partial charge in [-0.2, -0.15) is 0 Å². The molecule has 0 heterocycles. The Labute approximate surface area is 142 Å². The highest BCUT2D eigenvalue weighted by molar-refractivity contribution is 6.08. The van der Waals surface area contributed by atoms with Crippen molar-refractivity contribution in [2.45, 2.75) is 13.8 Å². The molecule has 0 aromatic heterocycles. The smallest absolute Gasteiger partial charge is 0.257 e. The van der Waals surface area contributed by atoms with E-state index in [9.17, 15) is 4.79 Å². The minimum Gasteiger partial charge on any atom is -0.355 e. The van der Waals surface area contributed by atoms with E-state index >= 15 is 0 Å². The van der Waals surface area contributed by atoms with Crippen LogP contribution in [-0.4, -0.2) is 5.91 Å². The molecule has 0 bridgehead atoms. The number of nitrogens with one attached hydrogen (secondary N) is 2. The molecule has 0 aliphatic carbocycles. The number of carbonyl (C=O) groups is 1. The lowest BCUT2D eigenvalue weighted by atomic mass is 10.1. The number of amides is 1. The van der Waals surface area contributed by atoms with Crippen molar-refractivity contribution in [3.63, 3.8) is 0 Å². The molecular weight excluding hydrogens is 296 g/mol. The van der Waals surface area contributed by atoms with Gasteiger partial charge in [-0.1, -0.05) is 42.0 Å². The maximum atomic E-state index is 12.6. The van der Waals surface area contributed by atoms with Crippen molar-refractivity contribution < 1.29 is 4.79 Å². The average molecular weight is 316 g/mol. The van der Waals surface area contributed by atoms with Gasteiger partial charge in [-0.25, -0.2) is 0 Å². The molecule has 0 spiro atoms. The molecule has 2 N–H and O–H groups in total. The Morgan fingerprint density at radius 2 is 1.50 bits per heavy atom. The molecule has 24 heavy (non-hydrogen) atoms. The van der Waals surface area contributed by atoms with Crippen molar-refractivity contribution in [3.05, 3.63) is 89.5 Å². The largest absolute Gasteiger partial charge is 0.355 e. The molecule has 3 rings (SSSR count). The standard InChI is InChI=1S/C21H20N2O/c1-15-10-12-17(13-11-15)22-20-9-4-3-8-19(20)21(24)23-18-7-5-6-16(2)14-18/h3-14,22H,1-2H3,(H,23,24). The maximum Gasteiger partial charge on any atom is 0.257 e. The molecule has 0 atom stereocenters. The van der Waals surface area contributed by atoms with Crippen LogP contribution in [0.4, 0.5) is 17.1 Å². The number of aryl methyl sites for hydroxylation is 2. The first-order chi connectivity index (χ1) is 11.6. The predicted octanol–water partition coefficient (Wildman–Crippen LogP) is 5.30. The third-order valence-electron chi connectivity index (χ3n) is 3.78. The highest BCUT2D eigenvalue weighted by atomic mass is 16.1. The van der Waals surface area contributed by atoms with Crippen LogP contribution in [0, 0.1) is 13.8 Å². The van der Waals surface area contributed by atoms with E-state index in [0.29, 0.717) is 5.56 Å². The summed E-state index contributed by atoms with van der Waals surface area (Å²) in [7, 11) is 0. The lowest BCUT2D eigenvalue weighted by molar-refractivity contribution is 0.102. The summed E-state index contributed by atoms with van der Waals surface area (Å²) in [6.07, 6.45) is 0. The van der Waals surface area contributed by atoms with Crippen molar-refractivity contribution in [2.24, 2.45) is 0 Å². The van der Waals surface area contributed by atoms with Gasteiger partial charge in [-0.15, -0.1) is 0 Å².